The Morgan fingerprint density at radius 1 is 0.885 bits per heavy atom. The van der Waals surface area contributed by atoms with Gasteiger partial charge < -0.3 is 9.72 Å². The molecule has 0 unspecified atom stereocenters. The van der Waals surface area contributed by atoms with Crippen LogP contribution in [0.3, 0.4) is 0 Å². The molecule has 1 aromatic carbocycles. The Hall–Kier alpha value is -2.10. The third kappa shape index (κ3) is 7.85. The number of nitrogens with one attached hydrogen (secondary N) is 1. The third-order valence-corrected chi connectivity index (χ3v) is 4.59. The lowest BCUT2D eigenvalue weighted by atomic mass is 10.1. The minimum Gasteiger partial charge on any atom is -0.494 e. The molecule has 4 nitrogen and oxygen atoms in total. The number of H-pyrrole nitrogens is 1. The molecular weight excluding hydrogens is 324 g/mol. The molecule has 142 valence electrons. The van der Waals surface area contributed by atoms with E-state index in [1.165, 1.54) is 64.0 Å². The second-order valence-electron chi connectivity index (χ2n) is 6.85. The summed E-state index contributed by atoms with van der Waals surface area (Å²) in [7, 11) is 0. The van der Waals surface area contributed by atoms with Crippen molar-refractivity contribution < 1.29 is 4.74 Å². The van der Waals surface area contributed by atoms with Crippen LogP contribution in [0.15, 0.2) is 41.5 Å². The summed E-state index contributed by atoms with van der Waals surface area (Å²) in [6.45, 7) is 3.03. The van der Waals surface area contributed by atoms with Gasteiger partial charge in [0, 0.05) is 11.8 Å². The summed E-state index contributed by atoms with van der Waals surface area (Å²) in [6.07, 6.45) is 16.2. The van der Waals surface area contributed by atoms with E-state index in [2.05, 4.69) is 16.9 Å². The molecule has 0 amide bonds. The smallest absolute Gasteiger partial charge is 0.266 e. The Bertz CT molecular complexity index is 644. The summed E-state index contributed by atoms with van der Waals surface area (Å²) in [6, 6.07) is 7.85. The SMILES string of the molecule is CCCCCCCCCCCCOc1ccc(-c2c[nH]c(=O)cn2)cc1. The average molecular weight is 357 g/mol. The van der Waals surface area contributed by atoms with E-state index in [0.717, 1.165) is 30.0 Å². The van der Waals surface area contributed by atoms with Crippen LogP contribution in [-0.2, 0) is 0 Å². The quantitative estimate of drug-likeness (QED) is 0.466. The molecule has 4 heteroatoms. The van der Waals surface area contributed by atoms with E-state index in [0.29, 0.717) is 0 Å². The van der Waals surface area contributed by atoms with Gasteiger partial charge in [-0.2, -0.15) is 0 Å². The van der Waals surface area contributed by atoms with Crippen molar-refractivity contribution >= 4 is 0 Å². The van der Waals surface area contributed by atoms with Crippen LogP contribution >= 0.6 is 0 Å². The number of aromatic nitrogens is 2. The van der Waals surface area contributed by atoms with Crippen LogP contribution in [0.2, 0.25) is 0 Å². The average Bonchev–Trinajstić information content (AvgIpc) is 2.67. The largest absolute Gasteiger partial charge is 0.494 e. The third-order valence-electron chi connectivity index (χ3n) is 4.59. The van der Waals surface area contributed by atoms with Crippen molar-refractivity contribution in [3.63, 3.8) is 0 Å². The van der Waals surface area contributed by atoms with Crippen LogP contribution in [0.1, 0.15) is 71.1 Å². The van der Waals surface area contributed by atoms with Gasteiger partial charge in [-0.25, -0.2) is 4.98 Å². The van der Waals surface area contributed by atoms with Gasteiger partial charge >= 0.3 is 0 Å². The van der Waals surface area contributed by atoms with Gasteiger partial charge in [0.2, 0.25) is 0 Å². The minimum atomic E-state index is -0.190. The fraction of sp³-hybridized carbons (Fsp3) is 0.545. The fourth-order valence-electron chi connectivity index (χ4n) is 3.00. The van der Waals surface area contributed by atoms with Crippen molar-refractivity contribution in [2.45, 2.75) is 71.1 Å². The van der Waals surface area contributed by atoms with Gasteiger partial charge in [-0.05, 0) is 30.7 Å². The number of hydrogen-bond acceptors (Lipinski definition) is 3. The maximum atomic E-state index is 11.1. The van der Waals surface area contributed by atoms with Crippen molar-refractivity contribution in [3.8, 4) is 17.0 Å². The Morgan fingerprint density at radius 3 is 2.08 bits per heavy atom. The maximum Gasteiger partial charge on any atom is 0.266 e. The molecule has 0 atom stereocenters. The highest BCUT2D eigenvalue weighted by Gasteiger charge is 2.00. The fourth-order valence-corrected chi connectivity index (χ4v) is 3.00. The molecule has 2 aromatic rings. The van der Waals surface area contributed by atoms with Crippen LogP contribution in [0.5, 0.6) is 5.75 Å². The molecule has 0 aliphatic carbocycles. The van der Waals surface area contributed by atoms with Crippen molar-refractivity contribution in [1.82, 2.24) is 9.97 Å². The second kappa shape index (κ2) is 12.3. The van der Waals surface area contributed by atoms with Crippen molar-refractivity contribution in [2.24, 2.45) is 0 Å². The molecule has 0 saturated heterocycles. The lowest BCUT2D eigenvalue weighted by Crippen LogP contribution is -2.04. The number of unbranched alkanes of at least 4 members (excludes halogenated alkanes) is 9. The molecule has 1 aromatic heterocycles. The van der Waals surface area contributed by atoms with Crippen molar-refractivity contribution in [3.05, 3.63) is 47.0 Å². The van der Waals surface area contributed by atoms with E-state index < -0.39 is 0 Å². The molecule has 0 spiro atoms. The number of rotatable bonds is 13. The molecule has 0 bridgehead atoms. The normalized spacial score (nSPS) is 10.8. The summed E-state index contributed by atoms with van der Waals surface area (Å²) < 4.78 is 5.81. The van der Waals surface area contributed by atoms with E-state index in [4.69, 9.17) is 4.74 Å². The lowest BCUT2D eigenvalue weighted by Gasteiger charge is -2.07. The molecule has 0 fully saturated rings. The van der Waals surface area contributed by atoms with Crippen LogP contribution in [0.25, 0.3) is 11.3 Å². The molecular formula is C22H32N2O2. The van der Waals surface area contributed by atoms with Crippen LogP contribution in [0.4, 0.5) is 0 Å². The van der Waals surface area contributed by atoms with Crippen LogP contribution in [0, 0.1) is 0 Å². The number of aromatic amines is 1. The molecule has 0 aliphatic rings. The lowest BCUT2D eigenvalue weighted by molar-refractivity contribution is 0.304. The molecule has 26 heavy (non-hydrogen) atoms. The Balaban J connectivity index is 1.55. The minimum absolute atomic E-state index is 0.190. The second-order valence-corrected chi connectivity index (χ2v) is 6.85. The van der Waals surface area contributed by atoms with E-state index in [1.54, 1.807) is 6.20 Å². The van der Waals surface area contributed by atoms with E-state index in [-0.39, 0.29) is 5.56 Å². The molecule has 0 aliphatic heterocycles. The highest BCUT2D eigenvalue weighted by molar-refractivity contribution is 5.58. The zero-order valence-electron chi connectivity index (χ0n) is 16.0. The number of ether oxygens (including phenoxy) is 1. The zero-order chi connectivity index (χ0) is 18.5. The van der Waals surface area contributed by atoms with Gasteiger partial charge in [0.05, 0.1) is 18.5 Å². The van der Waals surface area contributed by atoms with Crippen molar-refractivity contribution in [2.75, 3.05) is 6.61 Å². The first-order chi connectivity index (χ1) is 12.8. The van der Waals surface area contributed by atoms with Crippen LogP contribution in [-0.4, -0.2) is 16.6 Å². The predicted octanol–water partition coefficient (Wildman–Crippen LogP) is 5.74. The van der Waals surface area contributed by atoms with E-state index in [9.17, 15) is 4.79 Å². The predicted molar refractivity (Wildman–Crippen MR) is 108 cm³/mol. The molecule has 0 radical (unpaired) electrons. The van der Waals surface area contributed by atoms with E-state index >= 15 is 0 Å². The van der Waals surface area contributed by atoms with Gasteiger partial charge in [0.15, 0.2) is 0 Å². The van der Waals surface area contributed by atoms with Crippen molar-refractivity contribution in [1.29, 1.82) is 0 Å². The van der Waals surface area contributed by atoms with Gasteiger partial charge in [-0.3, -0.25) is 4.79 Å². The first-order valence-electron chi connectivity index (χ1n) is 10.1. The number of benzene rings is 1. The Kier molecular flexibility index (Phi) is 9.55. The highest BCUT2D eigenvalue weighted by atomic mass is 16.5. The topological polar surface area (TPSA) is 55.0 Å². The monoisotopic (exact) mass is 356 g/mol. The highest BCUT2D eigenvalue weighted by Crippen LogP contribution is 2.20. The first-order valence-corrected chi connectivity index (χ1v) is 10.1. The number of nitrogens with zero attached hydrogens (tertiary/aromatic N) is 1. The molecule has 2 rings (SSSR count). The van der Waals surface area contributed by atoms with Crippen LogP contribution < -0.4 is 10.3 Å². The van der Waals surface area contributed by atoms with Gasteiger partial charge in [-0.15, -0.1) is 0 Å². The summed E-state index contributed by atoms with van der Waals surface area (Å²) in [5.41, 5.74) is 1.53. The Labute approximate surface area is 157 Å². The maximum absolute atomic E-state index is 11.1. The summed E-state index contributed by atoms with van der Waals surface area (Å²) in [5.74, 6) is 0.883. The van der Waals surface area contributed by atoms with Gasteiger partial charge in [0.25, 0.3) is 5.56 Å². The zero-order valence-corrected chi connectivity index (χ0v) is 16.0. The summed E-state index contributed by atoms with van der Waals surface area (Å²) in [5, 5.41) is 0. The van der Waals surface area contributed by atoms with Gasteiger partial charge in [-0.1, -0.05) is 64.7 Å². The Morgan fingerprint density at radius 2 is 1.50 bits per heavy atom. The molecule has 0 saturated carbocycles. The number of hydrogen-bond donors (Lipinski definition) is 1. The summed E-state index contributed by atoms with van der Waals surface area (Å²) >= 11 is 0. The van der Waals surface area contributed by atoms with E-state index in [1.807, 2.05) is 24.3 Å². The molecule has 1 N–H and O–H groups in total. The van der Waals surface area contributed by atoms with Gasteiger partial charge in [0.1, 0.15) is 5.75 Å². The molecule has 1 heterocycles. The standard InChI is InChI=1S/C22H32N2O2/c1-2-3-4-5-6-7-8-9-10-11-16-26-20-14-12-19(13-15-20)21-17-24-22(25)18-23-21/h12-15,17-18H,2-11,16H2,1H3,(H,24,25). The first kappa shape index (κ1) is 20.2. The summed E-state index contributed by atoms with van der Waals surface area (Å²) in [4.78, 5) is 17.8.